The molecule has 3 rings (SSSR count). The minimum atomic E-state index is -0.614. The van der Waals surface area contributed by atoms with Crippen molar-refractivity contribution in [2.75, 3.05) is 0 Å². The molecule has 130 valence electrons. The van der Waals surface area contributed by atoms with Crippen LogP contribution in [0.25, 0.3) is 10.8 Å². The number of carbonyl (C=O) groups is 1. The summed E-state index contributed by atoms with van der Waals surface area (Å²) in [5, 5.41) is 11.8. The van der Waals surface area contributed by atoms with Crippen LogP contribution in [0.2, 0.25) is 0 Å². The second-order valence-electron chi connectivity index (χ2n) is 6.83. The number of thioether (sulfide) groups is 1. The van der Waals surface area contributed by atoms with Crippen LogP contribution in [0.4, 0.5) is 4.79 Å². The third-order valence-electron chi connectivity index (χ3n) is 3.60. The topological polar surface area (TPSA) is 51.5 Å². The summed E-state index contributed by atoms with van der Waals surface area (Å²) in [4.78, 5) is 13.3. The Bertz CT molecular complexity index is 894. The van der Waals surface area contributed by atoms with Crippen LogP contribution in [0.15, 0.2) is 59.6 Å². The molecular formula is C20H21NO3S. The van der Waals surface area contributed by atoms with Crippen LogP contribution in [-0.4, -0.2) is 21.4 Å². The molecule has 0 fully saturated rings. The number of aromatic nitrogens is 1. The van der Waals surface area contributed by atoms with E-state index in [9.17, 15) is 9.90 Å². The van der Waals surface area contributed by atoms with Gasteiger partial charge < -0.3 is 9.84 Å². The molecule has 2 aromatic carbocycles. The molecule has 0 unspecified atom stereocenters. The second-order valence-corrected chi connectivity index (χ2v) is 7.88. The van der Waals surface area contributed by atoms with Crippen molar-refractivity contribution < 1.29 is 14.6 Å². The Balaban J connectivity index is 1.82. The number of hydrogen-bond acceptors (Lipinski definition) is 4. The highest BCUT2D eigenvalue weighted by Crippen LogP contribution is 2.32. The molecule has 25 heavy (non-hydrogen) atoms. The first-order valence-electron chi connectivity index (χ1n) is 8.08. The summed E-state index contributed by atoms with van der Waals surface area (Å²) in [5.41, 5.74) is 0.637. The zero-order valence-corrected chi connectivity index (χ0v) is 15.3. The van der Waals surface area contributed by atoms with Gasteiger partial charge in [-0.15, -0.1) is 11.8 Å². The van der Waals surface area contributed by atoms with Gasteiger partial charge >= 0.3 is 6.09 Å². The zero-order valence-electron chi connectivity index (χ0n) is 14.5. The van der Waals surface area contributed by atoms with Crippen LogP contribution in [-0.2, 0) is 10.5 Å². The Morgan fingerprint density at radius 2 is 1.88 bits per heavy atom. The number of aromatic hydroxyl groups is 1. The van der Waals surface area contributed by atoms with Crippen LogP contribution in [0.1, 0.15) is 26.3 Å². The number of fused-ring (bicyclic) bond motifs is 1. The second kappa shape index (κ2) is 6.84. The number of ether oxygens (including phenoxy) is 1. The average Bonchev–Trinajstić information content (AvgIpc) is 2.89. The van der Waals surface area contributed by atoms with Crippen molar-refractivity contribution in [1.29, 1.82) is 0 Å². The number of hydrogen-bond donors (Lipinski definition) is 1. The Kier molecular flexibility index (Phi) is 4.77. The lowest BCUT2D eigenvalue weighted by Gasteiger charge is -2.19. The van der Waals surface area contributed by atoms with Gasteiger partial charge in [-0.1, -0.05) is 30.3 Å². The Morgan fingerprint density at radius 1 is 1.16 bits per heavy atom. The largest absolute Gasteiger partial charge is 0.494 e. The van der Waals surface area contributed by atoms with Gasteiger partial charge in [0.05, 0.1) is 0 Å². The van der Waals surface area contributed by atoms with Crippen LogP contribution < -0.4 is 0 Å². The highest BCUT2D eigenvalue weighted by molar-refractivity contribution is 7.98. The molecule has 0 aliphatic carbocycles. The number of benzene rings is 2. The van der Waals surface area contributed by atoms with Crippen molar-refractivity contribution in [3.8, 4) is 5.88 Å². The fraction of sp³-hybridized carbons (Fsp3) is 0.250. The molecule has 0 aliphatic heterocycles. The fourth-order valence-electron chi connectivity index (χ4n) is 2.46. The van der Waals surface area contributed by atoms with Gasteiger partial charge in [-0.2, -0.15) is 0 Å². The van der Waals surface area contributed by atoms with Crippen molar-refractivity contribution in [2.24, 2.45) is 0 Å². The maximum absolute atomic E-state index is 12.2. The number of carbonyl (C=O) groups excluding carboxylic acids is 1. The van der Waals surface area contributed by atoms with Gasteiger partial charge in [-0.3, -0.25) is 0 Å². The van der Waals surface area contributed by atoms with Gasteiger partial charge in [0, 0.05) is 27.6 Å². The van der Waals surface area contributed by atoms with E-state index in [1.165, 1.54) is 5.56 Å². The van der Waals surface area contributed by atoms with E-state index in [1.54, 1.807) is 38.7 Å². The third kappa shape index (κ3) is 4.17. The van der Waals surface area contributed by atoms with Gasteiger partial charge in [0.15, 0.2) is 0 Å². The quantitative estimate of drug-likeness (QED) is 0.637. The first-order chi connectivity index (χ1) is 11.8. The zero-order chi connectivity index (χ0) is 18.0. The predicted molar refractivity (Wildman–Crippen MR) is 101 cm³/mol. The van der Waals surface area contributed by atoms with Crippen LogP contribution >= 0.6 is 11.8 Å². The molecule has 5 heteroatoms. The van der Waals surface area contributed by atoms with Crippen molar-refractivity contribution >= 4 is 28.6 Å². The molecule has 0 amide bonds. The lowest BCUT2D eigenvalue weighted by atomic mass is 10.2. The molecule has 0 atom stereocenters. The molecule has 0 bridgehead atoms. The lowest BCUT2D eigenvalue weighted by molar-refractivity contribution is 0.0526. The number of nitrogens with zero attached hydrogens (tertiary/aromatic N) is 1. The average molecular weight is 355 g/mol. The standard InChI is InChI=1S/C20H21NO3S/c1-20(2,3)24-19(23)21-12-15-11-16(9-10-17(15)18(21)22)25-13-14-7-5-4-6-8-14/h4-12,22H,13H2,1-3H3. The minimum Gasteiger partial charge on any atom is -0.494 e. The van der Waals surface area contributed by atoms with Crippen molar-refractivity contribution in [3.05, 3.63) is 60.3 Å². The molecule has 3 aromatic rings. The van der Waals surface area contributed by atoms with E-state index in [1.807, 2.05) is 36.4 Å². The smallest absolute Gasteiger partial charge is 0.421 e. The van der Waals surface area contributed by atoms with Crippen LogP contribution in [0.3, 0.4) is 0 Å². The Labute approximate surface area is 151 Å². The molecule has 0 radical (unpaired) electrons. The summed E-state index contributed by atoms with van der Waals surface area (Å²) in [6, 6.07) is 16.0. The minimum absolute atomic E-state index is 0.0936. The van der Waals surface area contributed by atoms with E-state index >= 15 is 0 Å². The summed E-state index contributed by atoms with van der Waals surface area (Å²) >= 11 is 1.71. The van der Waals surface area contributed by atoms with Crippen molar-refractivity contribution in [3.63, 3.8) is 0 Å². The van der Waals surface area contributed by atoms with E-state index in [0.29, 0.717) is 5.39 Å². The van der Waals surface area contributed by atoms with E-state index in [4.69, 9.17) is 4.74 Å². The molecule has 4 nitrogen and oxygen atoms in total. The summed E-state index contributed by atoms with van der Waals surface area (Å²) in [6.45, 7) is 5.39. The molecule has 1 N–H and O–H groups in total. The first-order valence-corrected chi connectivity index (χ1v) is 9.06. The van der Waals surface area contributed by atoms with Gasteiger partial charge in [-0.25, -0.2) is 9.36 Å². The van der Waals surface area contributed by atoms with Crippen molar-refractivity contribution in [2.45, 2.75) is 37.0 Å². The molecule has 1 aromatic heterocycles. The summed E-state index contributed by atoms with van der Waals surface area (Å²) in [7, 11) is 0. The SMILES string of the molecule is CC(C)(C)OC(=O)n1cc2cc(SCc3ccccc3)ccc2c1O. The van der Waals surface area contributed by atoms with Gasteiger partial charge in [0.1, 0.15) is 5.60 Å². The summed E-state index contributed by atoms with van der Waals surface area (Å²) in [5.74, 6) is 0.773. The van der Waals surface area contributed by atoms with Gasteiger partial charge in [0.25, 0.3) is 0 Å². The molecular weight excluding hydrogens is 334 g/mol. The van der Waals surface area contributed by atoms with E-state index in [2.05, 4.69) is 12.1 Å². The lowest BCUT2D eigenvalue weighted by Crippen LogP contribution is -2.26. The van der Waals surface area contributed by atoms with Gasteiger partial charge in [0.2, 0.25) is 5.88 Å². The van der Waals surface area contributed by atoms with E-state index in [0.717, 1.165) is 20.6 Å². The molecule has 0 saturated heterocycles. The first kappa shape index (κ1) is 17.4. The normalized spacial score (nSPS) is 11.6. The monoisotopic (exact) mass is 355 g/mol. The third-order valence-corrected chi connectivity index (χ3v) is 4.66. The predicted octanol–water partition coefficient (Wildman–Crippen LogP) is 5.42. The number of rotatable bonds is 3. The summed E-state index contributed by atoms with van der Waals surface area (Å²) < 4.78 is 6.48. The maximum Gasteiger partial charge on any atom is 0.421 e. The van der Waals surface area contributed by atoms with E-state index in [-0.39, 0.29) is 5.88 Å². The Hall–Kier alpha value is -2.40. The van der Waals surface area contributed by atoms with Crippen molar-refractivity contribution in [1.82, 2.24) is 4.57 Å². The Morgan fingerprint density at radius 3 is 2.56 bits per heavy atom. The maximum atomic E-state index is 12.2. The molecule has 0 saturated carbocycles. The van der Waals surface area contributed by atoms with Gasteiger partial charge in [-0.05, 0) is 44.5 Å². The highest BCUT2D eigenvalue weighted by Gasteiger charge is 2.21. The molecule has 0 aliphatic rings. The van der Waals surface area contributed by atoms with Crippen LogP contribution in [0.5, 0.6) is 5.88 Å². The van der Waals surface area contributed by atoms with E-state index < -0.39 is 11.7 Å². The highest BCUT2D eigenvalue weighted by atomic mass is 32.2. The summed E-state index contributed by atoms with van der Waals surface area (Å²) in [6.07, 6.45) is 1.03. The molecule has 0 spiro atoms. The van der Waals surface area contributed by atoms with Crippen LogP contribution in [0, 0.1) is 0 Å². The fourth-order valence-corrected chi connectivity index (χ4v) is 3.36. The molecule has 1 heterocycles.